The van der Waals surface area contributed by atoms with Gasteiger partial charge < -0.3 is 0 Å². The lowest BCUT2D eigenvalue weighted by Crippen LogP contribution is -2.39. The van der Waals surface area contributed by atoms with Crippen molar-refractivity contribution in [1.29, 1.82) is 0 Å². The Morgan fingerprint density at radius 1 is 1.43 bits per heavy atom. The van der Waals surface area contributed by atoms with Crippen molar-refractivity contribution < 1.29 is 13.2 Å². The maximum absolute atomic E-state index is 12.1. The standard InChI is InChI=1S/C15H20ClNO3S/c1-21(19,20)17-7-3-5-13(11-17)10-15(18)9-12-4-2-6-14(16)8-12/h2,4,6,8,13H,3,5,7,9-11H2,1H3. The largest absolute Gasteiger partial charge is 0.299 e. The van der Waals surface area contributed by atoms with Gasteiger partial charge in [-0.3, -0.25) is 4.79 Å². The second-order valence-corrected chi connectivity index (χ2v) is 8.10. The van der Waals surface area contributed by atoms with Crippen LogP contribution in [0.3, 0.4) is 0 Å². The summed E-state index contributed by atoms with van der Waals surface area (Å²) in [6.07, 6.45) is 3.74. The Bertz CT molecular complexity index is 615. The number of benzene rings is 1. The van der Waals surface area contributed by atoms with E-state index in [-0.39, 0.29) is 11.7 Å². The van der Waals surface area contributed by atoms with E-state index in [9.17, 15) is 13.2 Å². The lowest BCUT2D eigenvalue weighted by molar-refractivity contribution is -0.119. The second-order valence-electron chi connectivity index (χ2n) is 5.68. The molecule has 2 rings (SSSR count). The molecule has 0 aliphatic carbocycles. The first-order valence-electron chi connectivity index (χ1n) is 7.06. The van der Waals surface area contributed by atoms with E-state index < -0.39 is 10.0 Å². The lowest BCUT2D eigenvalue weighted by atomic mass is 9.92. The molecule has 0 amide bonds. The van der Waals surface area contributed by atoms with Crippen LogP contribution >= 0.6 is 11.6 Å². The molecule has 1 heterocycles. The molecular weight excluding hydrogens is 310 g/mol. The predicted octanol–water partition coefficient (Wildman–Crippen LogP) is 2.51. The molecule has 6 heteroatoms. The summed E-state index contributed by atoms with van der Waals surface area (Å²) >= 11 is 5.90. The maximum atomic E-state index is 12.1. The third-order valence-electron chi connectivity index (χ3n) is 3.76. The quantitative estimate of drug-likeness (QED) is 0.834. The Balaban J connectivity index is 1.90. The number of ketones is 1. The Hall–Kier alpha value is -0.910. The first-order chi connectivity index (χ1) is 9.84. The van der Waals surface area contributed by atoms with E-state index in [0.29, 0.717) is 31.0 Å². The van der Waals surface area contributed by atoms with Gasteiger partial charge in [-0.05, 0) is 36.5 Å². The molecule has 0 radical (unpaired) electrons. The zero-order valence-electron chi connectivity index (χ0n) is 12.1. The number of carbonyl (C=O) groups excluding carboxylic acids is 1. The minimum absolute atomic E-state index is 0.125. The number of sulfonamides is 1. The second kappa shape index (κ2) is 6.90. The number of carbonyl (C=O) groups is 1. The van der Waals surface area contributed by atoms with Crippen LogP contribution in [0, 0.1) is 5.92 Å². The van der Waals surface area contributed by atoms with Gasteiger partial charge in [-0.15, -0.1) is 0 Å². The van der Waals surface area contributed by atoms with E-state index in [4.69, 9.17) is 11.6 Å². The Morgan fingerprint density at radius 3 is 2.86 bits per heavy atom. The molecule has 1 saturated heterocycles. The molecule has 1 unspecified atom stereocenters. The molecule has 0 aromatic heterocycles. The summed E-state index contributed by atoms with van der Waals surface area (Å²) in [5.41, 5.74) is 0.906. The zero-order chi connectivity index (χ0) is 15.5. The average molecular weight is 330 g/mol. The SMILES string of the molecule is CS(=O)(=O)N1CCCC(CC(=O)Cc2cccc(Cl)c2)C1. The highest BCUT2D eigenvalue weighted by molar-refractivity contribution is 7.88. The molecular formula is C15H20ClNO3S. The summed E-state index contributed by atoms with van der Waals surface area (Å²) in [5, 5.41) is 0.626. The van der Waals surface area contributed by atoms with Crippen molar-refractivity contribution in [3.63, 3.8) is 0 Å². The number of piperidine rings is 1. The number of hydrogen-bond donors (Lipinski definition) is 0. The van der Waals surface area contributed by atoms with Gasteiger partial charge >= 0.3 is 0 Å². The molecule has 21 heavy (non-hydrogen) atoms. The molecule has 0 spiro atoms. The van der Waals surface area contributed by atoms with Crippen molar-refractivity contribution in [2.45, 2.75) is 25.7 Å². The van der Waals surface area contributed by atoms with Gasteiger partial charge in [0.2, 0.25) is 10.0 Å². The summed E-state index contributed by atoms with van der Waals surface area (Å²) < 4.78 is 24.6. The fourth-order valence-corrected chi connectivity index (χ4v) is 3.92. The normalized spacial score (nSPS) is 20.4. The van der Waals surface area contributed by atoms with Crippen LogP contribution in [0.5, 0.6) is 0 Å². The fraction of sp³-hybridized carbons (Fsp3) is 0.533. The van der Waals surface area contributed by atoms with E-state index in [2.05, 4.69) is 0 Å². The van der Waals surface area contributed by atoms with Crippen molar-refractivity contribution in [3.05, 3.63) is 34.9 Å². The molecule has 0 N–H and O–H groups in total. The monoisotopic (exact) mass is 329 g/mol. The summed E-state index contributed by atoms with van der Waals surface area (Å²) in [4.78, 5) is 12.1. The molecule has 1 aliphatic rings. The highest BCUT2D eigenvalue weighted by Crippen LogP contribution is 2.22. The van der Waals surface area contributed by atoms with Gasteiger partial charge in [-0.1, -0.05) is 23.7 Å². The molecule has 116 valence electrons. The van der Waals surface area contributed by atoms with E-state index in [0.717, 1.165) is 18.4 Å². The van der Waals surface area contributed by atoms with Crippen LogP contribution in [0.25, 0.3) is 0 Å². The average Bonchev–Trinajstić information content (AvgIpc) is 2.37. The smallest absolute Gasteiger partial charge is 0.211 e. The zero-order valence-corrected chi connectivity index (χ0v) is 13.7. The Kier molecular flexibility index (Phi) is 5.41. The number of hydrogen-bond acceptors (Lipinski definition) is 3. The molecule has 4 nitrogen and oxygen atoms in total. The van der Waals surface area contributed by atoms with Gasteiger partial charge in [0.15, 0.2) is 0 Å². The van der Waals surface area contributed by atoms with Crippen molar-refractivity contribution in [2.24, 2.45) is 5.92 Å². The van der Waals surface area contributed by atoms with Gasteiger partial charge in [0.1, 0.15) is 5.78 Å². The highest BCUT2D eigenvalue weighted by Gasteiger charge is 2.27. The first-order valence-corrected chi connectivity index (χ1v) is 9.28. The summed E-state index contributed by atoms with van der Waals surface area (Å²) in [6, 6.07) is 7.29. The molecule has 0 bridgehead atoms. The minimum Gasteiger partial charge on any atom is -0.299 e. The molecule has 1 aromatic rings. The summed E-state index contributed by atoms with van der Waals surface area (Å²) in [5.74, 6) is 0.262. The van der Waals surface area contributed by atoms with Crippen LogP contribution in [0.4, 0.5) is 0 Å². The summed E-state index contributed by atoms with van der Waals surface area (Å²) in [6.45, 7) is 1.03. The van der Waals surface area contributed by atoms with Gasteiger partial charge in [-0.2, -0.15) is 0 Å². The molecule has 1 fully saturated rings. The summed E-state index contributed by atoms with van der Waals surface area (Å²) in [7, 11) is -3.15. The molecule has 1 atom stereocenters. The van der Waals surface area contributed by atoms with Crippen molar-refractivity contribution in [3.8, 4) is 0 Å². The van der Waals surface area contributed by atoms with Crippen molar-refractivity contribution >= 4 is 27.4 Å². The van der Waals surface area contributed by atoms with Crippen LogP contribution in [0.15, 0.2) is 24.3 Å². The third-order valence-corrected chi connectivity index (χ3v) is 5.26. The molecule has 0 saturated carbocycles. The van der Waals surface area contributed by atoms with E-state index in [1.165, 1.54) is 10.6 Å². The Morgan fingerprint density at radius 2 is 2.19 bits per heavy atom. The van der Waals surface area contributed by atoms with Crippen LogP contribution < -0.4 is 0 Å². The van der Waals surface area contributed by atoms with Crippen molar-refractivity contribution in [1.82, 2.24) is 4.31 Å². The van der Waals surface area contributed by atoms with Crippen molar-refractivity contribution in [2.75, 3.05) is 19.3 Å². The Labute approximate surface area is 131 Å². The predicted molar refractivity (Wildman–Crippen MR) is 83.9 cm³/mol. The minimum atomic E-state index is -3.15. The van der Waals surface area contributed by atoms with Crippen LogP contribution in [0.1, 0.15) is 24.8 Å². The fourth-order valence-electron chi connectivity index (χ4n) is 2.76. The number of halogens is 1. The first kappa shape index (κ1) is 16.5. The van der Waals surface area contributed by atoms with Gasteiger partial charge in [0, 0.05) is 31.0 Å². The van der Waals surface area contributed by atoms with Gasteiger partial charge in [0.05, 0.1) is 6.26 Å². The highest BCUT2D eigenvalue weighted by atomic mass is 35.5. The molecule has 1 aliphatic heterocycles. The van der Waals surface area contributed by atoms with Crippen LogP contribution in [-0.4, -0.2) is 37.9 Å². The van der Waals surface area contributed by atoms with Gasteiger partial charge in [0.25, 0.3) is 0 Å². The third kappa shape index (κ3) is 5.09. The van der Waals surface area contributed by atoms with Gasteiger partial charge in [-0.25, -0.2) is 12.7 Å². The topological polar surface area (TPSA) is 54.5 Å². The molecule has 1 aromatic carbocycles. The van der Waals surface area contributed by atoms with Crippen LogP contribution in [0.2, 0.25) is 5.02 Å². The van der Waals surface area contributed by atoms with E-state index in [1.54, 1.807) is 12.1 Å². The maximum Gasteiger partial charge on any atom is 0.211 e. The lowest BCUT2D eigenvalue weighted by Gasteiger charge is -2.30. The number of nitrogens with zero attached hydrogens (tertiary/aromatic N) is 1. The van der Waals surface area contributed by atoms with Crippen LogP contribution in [-0.2, 0) is 21.2 Å². The van der Waals surface area contributed by atoms with E-state index >= 15 is 0 Å². The number of Topliss-reactive ketones (excluding diaryl/α,β-unsaturated/α-hetero) is 1. The van der Waals surface area contributed by atoms with E-state index in [1.807, 2.05) is 12.1 Å². The number of rotatable bonds is 5.